The Hall–Kier alpha value is -1.22. The molecular weight excluding hydrogens is 455 g/mol. The molecule has 27 heavy (non-hydrogen) atoms. The Labute approximate surface area is 180 Å². The minimum Gasteiger partial charge on any atom is -0.504 e. The summed E-state index contributed by atoms with van der Waals surface area (Å²) in [5.41, 5.74) is 0.754. The fraction of sp³-hybridized carbons (Fsp3) is 0.650. The van der Waals surface area contributed by atoms with Gasteiger partial charge in [0.2, 0.25) is 0 Å². The van der Waals surface area contributed by atoms with Crippen molar-refractivity contribution in [1.29, 1.82) is 0 Å². The van der Waals surface area contributed by atoms with Gasteiger partial charge in [0.05, 0.1) is 13.7 Å². The Bertz CT molecular complexity index is 575. The highest BCUT2D eigenvalue weighted by molar-refractivity contribution is 14.0. The van der Waals surface area contributed by atoms with Crippen molar-refractivity contribution in [2.45, 2.75) is 39.7 Å². The van der Waals surface area contributed by atoms with E-state index in [0.717, 1.165) is 43.5 Å². The molecule has 1 aliphatic heterocycles. The molecule has 1 fully saturated rings. The van der Waals surface area contributed by atoms with Crippen LogP contribution in [0.15, 0.2) is 23.2 Å². The largest absolute Gasteiger partial charge is 0.504 e. The van der Waals surface area contributed by atoms with Gasteiger partial charge >= 0.3 is 0 Å². The zero-order valence-electron chi connectivity index (χ0n) is 16.8. The molecule has 3 N–H and O–H groups in total. The van der Waals surface area contributed by atoms with Crippen LogP contribution < -0.4 is 15.4 Å². The van der Waals surface area contributed by atoms with E-state index in [-0.39, 0.29) is 29.7 Å². The number of rotatable bonds is 8. The highest BCUT2D eigenvalue weighted by atomic mass is 127. The van der Waals surface area contributed by atoms with Crippen LogP contribution in [0.5, 0.6) is 11.5 Å². The number of nitrogens with one attached hydrogen (secondary N) is 2. The molecule has 0 radical (unpaired) electrons. The van der Waals surface area contributed by atoms with Crippen molar-refractivity contribution < 1.29 is 9.84 Å². The summed E-state index contributed by atoms with van der Waals surface area (Å²) in [6.07, 6.45) is 3.74. The summed E-state index contributed by atoms with van der Waals surface area (Å²) in [5, 5.41) is 16.8. The first-order valence-electron chi connectivity index (χ1n) is 9.73. The second-order valence-corrected chi connectivity index (χ2v) is 6.97. The van der Waals surface area contributed by atoms with Gasteiger partial charge in [0.1, 0.15) is 0 Å². The van der Waals surface area contributed by atoms with Crippen molar-refractivity contribution in [3.8, 4) is 11.5 Å². The number of likely N-dealkylation sites (tertiary alicyclic amines) is 1. The predicted molar refractivity (Wildman–Crippen MR) is 122 cm³/mol. The van der Waals surface area contributed by atoms with E-state index in [1.807, 2.05) is 12.1 Å². The molecule has 0 aromatic heterocycles. The number of benzene rings is 1. The summed E-state index contributed by atoms with van der Waals surface area (Å²) < 4.78 is 5.15. The van der Waals surface area contributed by atoms with E-state index in [4.69, 9.17) is 4.74 Å². The topological polar surface area (TPSA) is 69.1 Å². The van der Waals surface area contributed by atoms with Crippen molar-refractivity contribution in [3.63, 3.8) is 0 Å². The molecule has 0 spiro atoms. The highest BCUT2D eigenvalue weighted by Crippen LogP contribution is 2.29. The number of guanidine groups is 1. The van der Waals surface area contributed by atoms with Crippen molar-refractivity contribution in [1.82, 2.24) is 15.5 Å². The fourth-order valence-electron chi connectivity index (χ4n) is 3.16. The molecule has 1 aromatic rings. The molecule has 0 unspecified atom stereocenters. The summed E-state index contributed by atoms with van der Waals surface area (Å²) >= 11 is 0. The summed E-state index contributed by atoms with van der Waals surface area (Å²) in [6, 6.07) is 5.47. The second-order valence-electron chi connectivity index (χ2n) is 6.97. The lowest BCUT2D eigenvalue weighted by molar-refractivity contribution is 0.191. The molecule has 0 bridgehead atoms. The molecule has 1 saturated heterocycles. The monoisotopic (exact) mass is 490 g/mol. The number of halogens is 1. The lowest BCUT2D eigenvalue weighted by atomic mass is 9.99. The molecule has 2 rings (SSSR count). The first kappa shape index (κ1) is 23.8. The maximum Gasteiger partial charge on any atom is 0.191 e. The summed E-state index contributed by atoms with van der Waals surface area (Å²) in [7, 11) is 1.55. The third kappa shape index (κ3) is 8.13. The minimum absolute atomic E-state index is 0. The van der Waals surface area contributed by atoms with E-state index in [1.54, 1.807) is 13.2 Å². The number of piperidine rings is 1. The first-order chi connectivity index (χ1) is 12.6. The highest BCUT2D eigenvalue weighted by Gasteiger charge is 2.14. The number of para-hydroxylation sites is 1. The van der Waals surface area contributed by atoms with Gasteiger partial charge in [-0.1, -0.05) is 19.1 Å². The maximum absolute atomic E-state index is 10.2. The van der Waals surface area contributed by atoms with Gasteiger partial charge in [0, 0.05) is 18.7 Å². The number of hydrogen-bond acceptors (Lipinski definition) is 4. The van der Waals surface area contributed by atoms with Crippen LogP contribution in [-0.2, 0) is 6.54 Å². The Balaban J connectivity index is 0.00000364. The number of ether oxygens (including phenoxy) is 1. The van der Waals surface area contributed by atoms with Crippen LogP contribution in [0.2, 0.25) is 0 Å². The number of aliphatic imine (C=N–C) groups is 1. The quantitative estimate of drug-likeness (QED) is 0.226. The van der Waals surface area contributed by atoms with Gasteiger partial charge in [-0.15, -0.1) is 24.0 Å². The normalized spacial score (nSPS) is 15.9. The van der Waals surface area contributed by atoms with Crippen LogP contribution in [0.25, 0.3) is 0 Å². The van der Waals surface area contributed by atoms with Crippen molar-refractivity contribution >= 4 is 29.9 Å². The zero-order chi connectivity index (χ0) is 18.8. The number of methoxy groups -OCH3 is 1. The summed E-state index contributed by atoms with van der Waals surface area (Å²) in [5.74, 6) is 2.30. The molecule has 7 heteroatoms. The van der Waals surface area contributed by atoms with Gasteiger partial charge in [0.15, 0.2) is 17.5 Å². The third-order valence-electron chi connectivity index (χ3n) is 4.87. The van der Waals surface area contributed by atoms with Crippen LogP contribution in [0.1, 0.15) is 38.7 Å². The van der Waals surface area contributed by atoms with Crippen LogP contribution in [0.4, 0.5) is 0 Å². The minimum atomic E-state index is 0. The third-order valence-corrected chi connectivity index (χ3v) is 4.87. The standard InChI is InChI=1S/C20H34N4O2.HI/c1-4-21-20(22-11-6-12-24-13-9-16(2)10-14-24)23-15-17-7-5-8-18(26-3)19(17)25;/h5,7-8,16,25H,4,6,9-15H2,1-3H3,(H2,21,22,23);1H. The van der Waals surface area contributed by atoms with Crippen LogP contribution in [0.3, 0.4) is 0 Å². The Kier molecular flexibility index (Phi) is 11.5. The molecule has 0 amide bonds. The average molecular weight is 490 g/mol. The van der Waals surface area contributed by atoms with E-state index in [2.05, 4.69) is 34.4 Å². The molecule has 154 valence electrons. The fourth-order valence-corrected chi connectivity index (χ4v) is 3.16. The smallest absolute Gasteiger partial charge is 0.191 e. The van der Waals surface area contributed by atoms with Gasteiger partial charge in [0.25, 0.3) is 0 Å². The molecule has 0 saturated carbocycles. The Morgan fingerprint density at radius 1 is 1.30 bits per heavy atom. The summed E-state index contributed by atoms with van der Waals surface area (Å²) in [6.45, 7) is 10.1. The number of aromatic hydroxyl groups is 1. The SMILES string of the molecule is CCNC(=NCc1cccc(OC)c1O)NCCCN1CCC(C)CC1.I. The van der Waals surface area contributed by atoms with Gasteiger partial charge in [-0.05, 0) is 57.8 Å². The Morgan fingerprint density at radius 2 is 2.04 bits per heavy atom. The van der Waals surface area contributed by atoms with Crippen LogP contribution >= 0.6 is 24.0 Å². The van der Waals surface area contributed by atoms with E-state index < -0.39 is 0 Å². The summed E-state index contributed by atoms with van der Waals surface area (Å²) in [4.78, 5) is 7.14. The average Bonchev–Trinajstić information content (AvgIpc) is 2.65. The molecule has 0 aliphatic carbocycles. The van der Waals surface area contributed by atoms with Gasteiger partial charge in [-0.3, -0.25) is 0 Å². The lowest BCUT2D eigenvalue weighted by Gasteiger charge is -2.30. The first-order valence-corrected chi connectivity index (χ1v) is 9.73. The van der Waals surface area contributed by atoms with Gasteiger partial charge in [-0.25, -0.2) is 4.99 Å². The number of nitrogens with zero attached hydrogens (tertiary/aromatic N) is 2. The molecule has 1 heterocycles. The maximum atomic E-state index is 10.2. The molecule has 1 aromatic carbocycles. The number of phenols is 1. The molecule has 6 nitrogen and oxygen atoms in total. The molecular formula is C20H35IN4O2. The van der Waals surface area contributed by atoms with Crippen molar-refractivity contribution in [3.05, 3.63) is 23.8 Å². The van der Waals surface area contributed by atoms with E-state index in [0.29, 0.717) is 12.3 Å². The Morgan fingerprint density at radius 3 is 2.70 bits per heavy atom. The lowest BCUT2D eigenvalue weighted by Crippen LogP contribution is -2.39. The second kappa shape index (κ2) is 13.0. The van der Waals surface area contributed by atoms with Crippen molar-refractivity contribution in [2.24, 2.45) is 10.9 Å². The van der Waals surface area contributed by atoms with E-state index in [1.165, 1.54) is 25.9 Å². The number of phenolic OH excluding ortho intramolecular Hbond substituents is 1. The molecule has 1 aliphatic rings. The van der Waals surface area contributed by atoms with E-state index in [9.17, 15) is 5.11 Å². The zero-order valence-corrected chi connectivity index (χ0v) is 19.2. The predicted octanol–water partition coefficient (Wildman–Crippen LogP) is 3.20. The molecule has 0 atom stereocenters. The number of hydrogen-bond donors (Lipinski definition) is 3. The van der Waals surface area contributed by atoms with Crippen LogP contribution in [0, 0.1) is 5.92 Å². The van der Waals surface area contributed by atoms with Crippen molar-refractivity contribution in [2.75, 3.05) is 39.8 Å². The van der Waals surface area contributed by atoms with Gasteiger partial charge < -0.3 is 25.4 Å². The van der Waals surface area contributed by atoms with Crippen LogP contribution in [-0.4, -0.2) is 55.8 Å². The van der Waals surface area contributed by atoms with Gasteiger partial charge in [-0.2, -0.15) is 0 Å². The van der Waals surface area contributed by atoms with E-state index >= 15 is 0 Å².